The molecule has 2 nitrogen and oxygen atoms in total. The second kappa shape index (κ2) is 4.79. The van der Waals surface area contributed by atoms with Crippen molar-refractivity contribution in [1.82, 2.24) is 4.90 Å². The van der Waals surface area contributed by atoms with E-state index in [-0.39, 0.29) is 0 Å². The summed E-state index contributed by atoms with van der Waals surface area (Å²) in [5, 5.41) is 8.64. The lowest BCUT2D eigenvalue weighted by atomic mass is 9.77. The number of rotatable bonds is 1. The van der Waals surface area contributed by atoms with E-state index in [1.54, 1.807) is 0 Å². The molecule has 2 heteroatoms. The Kier molecular flexibility index (Phi) is 3.95. The maximum Gasteiger partial charge on any atom is 0.0865 e. The molecule has 80 valence electrons. The lowest BCUT2D eigenvalue weighted by Gasteiger charge is -2.29. The Morgan fingerprint density at radius 1 is 1.29 bits per heavy atom. The fraction of sp³-hybridized carbons (Fsp3) is 0.917. The molecule has 0 saturated carbocycles. The molecule has 1 atom stereocenters. The Balaban J connectivity index is 2.45. The highest BCUT2D eigenvalue weighted by atomic mass is 15.1. The molecule has 1 rings (SSSR count). The second-order valence-corrected chi connectivity index (χ2v) is 5.43. The van der Waals surface area contributed by atoms with Crippen molar-refractivity contribution in [3.63, 3.8) is 0 Å². The van der Waals surface area contributed by atoms with Gasteiger partial charge in [0.15, 0.2) is 0 Å². The predicted octanol–water partition coefficient (Wildman–Crippen LogP) is 2.66. The highest BCUT2D eigenvalue weighted by Gasteiger charge is 2.26. The van der Waals surface area contributed by atoms with Gasteiger partial charge in [-0.1, -0.05) is 20.8 Å². The minimum absolute atomic E-state index is 0.433. The third kappa shape index (κ3) is 3.31. The molecular weight excluding hydrogens is 172 g/mol. The summed E-state index contributed by atoms with van der Waals surface area (Å²) in [5.74, 6) is 0.825. The summed E-state index contributed by atoms with van der Waals surface area (Å²) >= 11 is 0. The maximum absolute atomic E-state index is 8.64. The molecule has 1 aliphatic rings. The van der Waals surface area contributed by atoms with E-state index in [0.717, 1.165) is 19.0 Å². The van der Waals surface area contributed by atoms with Crippen LogP contribution in [0.3, 0.4) is 0 Å². The van der Waals surface area contributed by atoms with Gasteiger partial charge in [-0.3, -0.25) is 4.90 Å². The third-order valence-electron chi connectivity index (χ3n) is 3.34. The van der Waals surface area contributed by atoms with Crippen LogP contribution in [-0.2, 0) is 0 Å². The number of nitrogens with zero attached hydrogens (tertiary/aromatic N) is 2. The van der Waals surface area contributed by atoms with E-state index in [4.69, 9.17) is 5.26 Å². The van der Waals surface area contributed by atoms with Crippen molar-refractivity contribution in [1.29, 1.82) is 5.26 Å². The zero-order valence-electron chi connectivity index (χ0n) is 9.71. The molecule has 0 aromatic rings. The first-order valence-electron chi connectivity index (χ1n) is 5.63. The van der Waals surface area contributed by atoms with Gasteiger partial charge < -0.3 is 0 Å². The normalized spacial score (nSPS) is 25.4. The highest BCUT2D eigenvalue weighted by molar-refractivity contribution is 4.82. The summed E-state index contributed by atoms with van der Waals surface area (Å²) in [6, 6.07) is 2.24. The van der Waals surface area contributed by atoms with Crippen LogP contribution in [0.4, 0.5) is 0 Å². The van der Waals surface area contributed by atoms with E-state index in [1.807, 2.05) is 0 Å². The Morgan fingerprint density at radius 3 is 2.57 bits per heavy atom. The van der Waals surface area contributed by atoms with Gasteiger partial charge in [0.1, 0.15) is 0 Å². The van der Waals surface area contributed by atoms with E-state index >= 15 is 0 Å². The van der Waals surface area contributed by atoms with Gasteiger partial charge in [0.05, 0.1) is 12.6 Å². The van der Waals surface area contributed by atoms with Crippen LogP contribution in [-0.4, -0.2) is 24.5 Å². The molecule has 0 bridgehead atoms. The van der Waals surface area contributed by atoms with Gasteiger partial charge in [0, 0.05) is 0 Å². The first kappa shape index (κ1) is 11.5. The molecule has 0 aromatic carbocycles. The molecule has 14 heavy (non-hydrogen) atoms. The lowest BCUT2D eigenvalue weighted by molar-refractivity contribution is 0.211. The summed E-state index contributed by atoms with van der Waals surface area (Å²) in [4.78, 5) is 2.28. The molecular formula is C12H22N2. The van der Waals surface area contributed by atoms with Crippen LogP contribution in [0.25, 0.3) is 0 Å². The summed E-state index contributed by atoms with van der Waals surface area (Å²) in [5.41, 5.74) is 0.433. The molecule has 0 spiro atoms. The predicted molar refractivity (Wildman–Crippen MR) is 58.8 cm³/mol. The van der Waals surface area contributed by atoms with Gasteiger partial charge in [-0.15, -0.1) is 0 Å². The quantitative estimate of drug-likeness (QED) is 0.600. The first-order valence-corrected chi connectivity index (χ1v) is 5.63. The van der Waals surface area contributed by atoms with Crippen LogP contribution >= 0.6 is 0 Å². The van der Waals surface area contributed by atoms with Gasteiger partial charge in [-0.25, -0.2) is 0 Å². The molecule has 1 unspecified atom stereocenters. The Hall–Kier alpha value is -0.550. The van der Waals surface area contributed by atoms with Crippen LogP contribution < -0.4 is 0 Å². The molecule has 0 N–H and O–H groups in total. The fourth-order valence-electron chi connectivity index (χ4n) is 2.28. The number of likely N-dealkylation sites (tertiary alicyclic amines) is 1. The van der Waals surface area contributed by atoms with E-state index < -0.39 is 0 Å². The van der Waals surface area contributed by atoms with E-state index in [1.165, 1.54) is 19.3 Å². The average Bonchev–Trinajstić information content (AvgIpc) is 2.29. The van der Waals surface area contributed by atoms with Crippen molar-refractivity contribution in [2.24, 2.45) is 11.3 Å². The Morgan fingerprint density at radius 2 is 2.00 bits per heavy atom. The van der Waals surface area contributed by atoms with Crippen molar-refractivity contribution in [2.75, 3.05) is 19.6 Å². The van der Waals surface area contributed by atoms with Crippen LogP contribution in [0.15, 0.2) is 0 Å². The number of nitriles is 1. The van der Waals surface area contributed by atoms with Crippen LogP contribution in [0, 0.1) is 22.7 Å². The lowest BCUT2D eigenvalue weighted by Crippen LogP contribution is -2.26. The molecule has 1 fully saturated rings. The molecule has 1 saturated heterocycles. The summed E-state index contributed by atoms with van der Waals surface area (Å²) in [7, 11) is 0. The van der Waals surface area contributed by atoms with Crippen molar-refractivity contribution in [3.8, 4) is 6.07 Å². The van der Waals surface area contributed by atoms with E-state index in [9.17, 15) is 0 Å². The van der Waals surface area contributed by atoms with E-state index in [0.29, 0.717) is 12.0 Å². The molecule has 0 radical (unpaired) electrons. The summed E-state index contributed by atoms with van der Waals surface area (Å²) in [6.45, 7) is 9.82. The smallest absolute Gasteiger partial charge is 0.0865 e. The second-order valence-electron chi connectivity index (χ2n) is 5.43. The number of hydrogen-bond acceptors (Lipinski definition) is 2. The largest absolute Gasteiger partial charge is 0.291 e. The van der Waals surface area contributed by atoms with Crippen molar-refractivity contribution in [2.45, 2.75) is 40.0 Å². The Labute approximate surface area is 87.9 Å². The van der Waals surface area contributed by atoms with Crippen molar-refractivity contribution < 1.29 is 0 Å². The summed E-state index contributed by atoms with van der Waals surface area (Å²) in [6.07, 6.45) is 3.83. The van der Waals surface area contributed by atoms with Crippen LogP contribution in [0.1, 0.15) is 40.0 Å². The van der Waals surface area contributed by atoms with Crippen molar-refractivity contribution in [3.05, 3.63) is 0 Å². The molecule has 0 aliphatic carbocycles. The van der Waals surface area contributed by atoms with Gasteiger partial charge in [-0.05, 0) is 43.7 Å². The van der Waals surface area contributed by atoms with Crippen LogP contribution in [0.2, 0.25) is 0 Å². The summed E-state index contributed by atoms with van der Waals surface area (Å²) < 4.78 is 0. The minimum Gasteiger partial charge on any atom is -0.291 e. The molecule has 0 amide bonds. The highest BCUT2D eigenvalue weighted by Crippen LogP contribution is 2.34. The van der Waals surface area contributed by atoms with Gasteiger partial charge in [0.2, 0.25) is 0 Å². The topological polar surface area (TPSA) is 27.0 Å². The average molecular weight is 194 g/mol. The molecule has 1 aliphatic heterocycles. The first-order chi connectivity index (χ1) is 6.54. The third-order valence-corrected chi connectivity index (χ3v) is 3.34. The monoisotopic (exact) mass is 194 g/mol. The number of hydrogen-bond donors (Lipinski definition) is 0. The maximum atomic E-state index is 8.64. The van der Waals surface area contributed by atoms with Gasteiger partial charge in [-0.2, -0.15) is 5.26 Å². The molecule has 0 aromatic heterocycles. The van der Waals surface area contributed by atoms with Crippen LogP contribution in [0.5, 0.6) is 0 Å². The van der Waals surface area contributed by atoms with E-state index in [2.05, 4.69) is 31.7 Å². The fourth-order valence-corrected chi connectivity index (χ4v) is 2.28. The zero-order chi connectivity index (χ0) is 10.6. The molecule has 1 heterocycles. The van der Waals surface area contributed by atoms with Gasteiger partial charge >= 0.3 is 0 Å². The zero-order valence-corrected chi connectivity index (χ0v) is 9.71. The Bertz CT molecular complexity index is 209. The standard InChI is InChI=1S/C12H22N2/c1-12(2,3)11-5-4-8-14(9-6-11)10-7-13/h11H,4-6,8-10H2,1-3H3. The SMILES string of the molecule is CC(C)(C)C1CCCN(CC#N)CC1. The minimum atomic E-state index is 0.433. The van der Waals surface area contributed by atoms with Gasteiger partial charge in [0.25, 0.3) is 0 Å². The van der Waals surface area contributed by atoms with Crippen molar-refractivity contribution >= 4 is 0 Å².